The van der Waals surface area contributed by atoms with Gasteiger partial charge in [0.05, 0.1) is 18.4 Å². The van der Waals surface area contributed by atoms with Gasteiger partial charge in [0, 0.05) is 13.7 Å². The number of aliphatic hydroxyl groups excluding tert-OH is 2. The third-order valence-corrected chi connectivity index (χ3v) is 4.66. The molecule has 0 radical (unpaired) electrons. The monoisotopic (exact) mass is 400 g/mol. The molecule has 0 amide bonds. The van der Waals surface area contributed by atoms with Crippen molar-refractivity contribution in [2.75, 3.05) is 19.0 Å². The van der Waals surface area contributed by atoms with Crippen LogP contribution in [-0.4, -0.2) is 44.6 Å². The lowest BCUT2D eigenvalue weighted by Gasteiger charge is -2.13. The quantitative estimate of drug-likeness (QED) is 0.607. The first kappa shape index (κ1) is 22.8. The van der Waals surface area contributed by atoms with Crippen LogP contribution in [0.25, 0.3) is 5.52 Å². The van der Waals surface area contributed by atoms with Crippen LogP contribution < -0.4 is 5.32 Å². The van der Waals surface area contributed by atoms with E-state index in [4.69, 9.17) is 9.84 Å². The summed E-state index contributed by atoms with van der Waals surface area (Å²) in [5, 5.41) is 24.1. The summed E-state index contributed by atoms with van der Waals surface area (Å²) in [4.78, 5) is 4.39. The SMILES string of the molecule is CC.CO.Cc1cccc(CNc2ncnn3c(C4CCC(CO)O4)ccc23)c1. The zero-order valence-electron chi connectivity index (χ0n) is 17.7. The molecule has 4 rings (SSSR count). The first-order valence-electron chi connectivity index (χ1n) is 10.1. The van der Waals surface area contributed by atoms with Crippen LogP contribution in [0.2, 0.25) is 0 Å². The zero-order chi connectivity index (χ0) is 21.2. The molecule has 1 aliphatic rings. The van der Waals surface area contributed by atoms with Crippen molar-refractivity contribution in [3.05, 3.63) is 59.5 Å². The van der Waals surface area contributed by atoms with Gasteiger partial charge in [-0.25, -0.2) is 9.50 Å². The summed E-state index contributed by atoms with van der Waals surface area (Å²) in [5.41, 5.74) is 4.40. The Morgan fingerprint density at radius 2 is 1.97 bits per heavy atom. The molecule has 3 N–H and O–H groups in total. The summed E-state index contributed by atoms with van der Waals surface area (Å²) in [6, 6.07) is 12.5. The molecule has 7 nitrogen and oxygen atoms in total. The predicted molar refractivity (Wildman–Crippen MR) is 115 cm³/mol. The van der Waals surface area contributed by atoms with Crippen LogP contribution in [0.5, 0.6) is 0 Å². The van der Waals surface area contributed by atoms with Crippen molar-refractivity contribution in [1.82, 2.24) is 14.6 Å². The second-order valence-corrected chi connectivity index (χ2v) is 6.51. The Balaban J connectivity index is 0.000000707. The van der Waals surface area contributed by atoms with E-state index >= 15 is 0 Å². The van der Waals surface area contributed by atoms with Crippen LogP contribution in [-0.2, 0) is 11.3 Å². The highest BCUT2D eigenvalue weighted by atomic mass is 16.5. The second kappa shape index (κ2) is 11.5. The van der Waals surface area contributed by atoms with E-state index in [1.807, 2.05) is 30.5 Å². The third-order valence-electron chi connectivity index (χ3n) is 4.66. The van der Waals surface area contributed by atoms with Crippen molar-refractivity contribution < 1.29 is 14.9 Å². The van der Waals surface area contributed by atoms with Gasteiger partial charge in [0.1, 0.15) is 17.9 Å². The van der Waals surface area contributed by atoms with E-state index in [1.165, 1.54) is 11.1 Å². The number of aliphatic hydroxyl groups is 2. The van der Waals surface area contributed by atoms with Gasteiger partial charge in [0.15, 0.2) is 5.82 Å². The number of nitrogens with one attached hydrogen (secondary N) is 1. The minimum atomic E-state index is -0.0729. The van der Waals surface area contributed by atoms with E-state index in [0.717, 1.165) is 37.0 Å². The molecule has 2 unspecified atom stereocenters. The summed E-state index contributed by atoms with van der Waals surface area (Å²) >= 11 is 0. The minimum Gasteiger partial charge on any atom is -0.400 e. The molecule has 0 saturated carbocycles. The van der Waals surface area contributed by atoms with Gasteiger partial charge in [0.25, 0.3) is 0 Å². The van der Waals surface area contributed by atoms with Crippen LogP contribution >= 0.6 is 0 Å². The van der Waals surface area contributed by atoms with Crippen LogP contribution in [0.15, 0.2) is 42.7 Å². The molecule has 1 aliphatic heterocycles. The summed E-state index contributed by atoms with van der Waals surface area (Å²) < 4.78 is 7.78. The van der Waals surface area contributed by atoms with E-state index in [1.54, 1.807) is 6.33 Å². The largest absolute Gasteiger partial charge is 0.400 e. The molecule has 2 atom stereocenters. The topological polar surface area (TPSA) is 91.9 Å². The standard InChI is InChI=1S/C19H22N4O2.C2H6.CH4O/c1-13-3-2-4-14(9-13)10-20-19-17-7-6-16(23(17)22-12-21-19)18-8-5-15(11-24)25-18;2*1-2/h2-4,6-7,9,12,15,18,24H,5,8,10-11H2,1H3,(H,20,21,22);1-2H3;2H,1H3. The normalized spacial score (nSPS) is 17.9. The van der Waals surface area contributed by atoms with Crippen molar-refractivity contribution in [2.24, 2.45) is 0 Å². The number of rotatable bonds is 5. The van der Waals surface area contributed by atoms with Crippen LogP contribution in [0.4, 0.5) is 5.82 Å². The third kappa shape index (κ3) is 5.53. The Morgan fingerprint density at radius 3 is 2.66 bits per heavy atom. The number of hydrogen-bond acceptors (Lipinski definition) is 6. The molecule has 7 heteroatoms. The molecule has 1 aromatic carbocycles. The van der Waals surface area contributed by atoms with Gasteiger partial charge < -0.3 is 20.3 Å². The van der Waals surface area contributed by atoms with Crippen molar-refractivity contribution in [3.63, 3.8) is 0 Å². The molecule has 158 valence electrons. The molecule has 1 saturated heterocycles. The molecule has 3 aromatic rings. The first-order valence-corrected chi connectivity index (χ1v) is 10.1. The molecule has 3 heterocycles. The maximum atomic E-state index is 9.27. The number of ether oxygens (including phenoxy) is 1. The van der Waals surface area contributed by atoms with Crippen LogP contribution in [0, 0.1) is 6.92 Å². The number of anilines is 1. The Hall–Kier alpha value is -2.48. The van der Waals surface area contributed by atoms with Crippen molar-refractivity contribution in [2.45, 2.75) is 52.4 Å². The predicted octanol–water partition coefficient (Wildman–Crippen LogP) is 3.50. The maximum absolute atomic E-state index is 9.27. The highest BCUT2D eigenvalue weighted by molar-refractivity contribution is 5.68. The van der Waals surface area contributed by atoms with E-state index in [0.29, 0.717) is 6.54 Å². The fourth-order valence-electron chi connectivity index (χ4n) is 3.40. The highest BCUT2D eigenvalue weighted by Crippen LogP contribution is 2.33. The van der Waals surface area contributed by atoms with E-state index in [-0.39, 0.29) is 18.8 Å². The molecular formula is C22H32N4O3. The molecule has 0 aliphatic carbocycles. The fraction of sp³-hybridized carbons (Fsp3) is 0.455. The van der Waals surface area contributed by atoms with Crippen molar-refractivity contribution >= 4 is 11.3 Å². The number of aromatic nitrogens is 3. The van der Waals surface area contributed by atoms with Crippen LogP contribution in [0.3, 0.4) is 0 Å². The zero-order valence-corrected chi connectivity index (χ0v) is 17.7. The molecule has 2 aromatic heterocycles. The Bertz CT molecular complexity index is 881. The van der Waals surface area contributed by atoms with Gasteiger partial charge in [-0.1, -0.05) is 43.7 Å². The van der Waals surface area contributed by atoms with Gasteiger partial charge in [0.2, 0.25) is 0 Å². The smallest absolute Gasteiger partial charge is 0.154 e. The Labute approximate surface area is 172 Å². The van der Waals surface area contributed by atoms with Gasteiger partial charge in [-0.05, 0) is 37.5 Å². The molecule has 0 spiro atoms. The van der Waals surface area contributed by atoms with Gasteiger partial charge >= 0.3 is 0 Å². The summed E-state index contributed by atoms with van der Waals surface area (Å²) in [6.07, 6.45) is 3.23. The van der Waals surface area contributed by atoms with Crippen LogP contribution in [0.1, 0.15) is 49.6 Å². The maximum Gasteiger partial charge on any atom is 0.154 e. The Morgan fingerprint density at radius 1 is 1.17 bits per heavy atom. The lowest BCUT2D eigenvalue weighted by atomic mass is 10.1. The Kier molecular flexibility index (Phi) is 9.05. The lowest BCUT2D eigenvalue weighted by Crippen LogP contribution is -2.12. The first-order chi connectivity index (χ1) is 14.2. The number of benzene rings is 1. The summed E-state index contributed by atoms with van der Waals surface area (Å²) in [6.45, 7) is 6.87. The number of hydrogen-bond donors (Lipinski definition) is 3. The molecule has 29 heavy (non-hydrogen) atoms. The molecular weight excluding hydrogens is 368 g/mol. The fourth-order valence-corrected chi connectivity index (χ4v) is 3.40. The molecule has 0 bridgehead atoms. The average molecular weight is 401 g/mol. The van der Waals surface area contributed by atoms with Gasteiger partial charge in [-0.3, -0.25) is 0 Å². The highest BCUT2D eigenvalue weighted by Gasteiger charge is 2.28. The van der Waals surface area contributed by atoms with Crippen molar-refractivity contribution in [1.29, 1.82) is 0 Å². The van der Waals surface area contributed by atoms with Gasteiger partial charge in [-0.15, -0.1) is 0 Å². The average Bonchev–Trinajstić information content (AvgIpc) is 3.42. The summed E-state index contributed by atoms with van der Waals surface area (Å²) in [7, 11) is 1.00. The van der Waals surface area contributed by atoms with E-state index < -0.39 is 0 Å². The van der Waals surface area contributed by atoms with E-state index in [2.05, 4.69) is 46.6 Å². The minimum absolute atomic E-state index is 0.0285. The van der Waals surface area contributed by atoms with E-state index in [9.17, 15) is 5.11 Å². The number of fused-ring (bicyclic) bond motifs is 1. The lowest BCUT2D eigenvalue weighted by molar-refractivity contribution is 0.00856. The summed E-state index contributed by atoms with van der Waals surface area (Å²) in [5.74, 6) is 0.805. The number of nitrogens with zero attached hydrogens (tertiary/aromatic N) is 3. The van der Waals surface area contributed by atoms with Crippen molar-refractivity contribution in [3.8, 4) is 0 Å². The molecule has 1 fully saturated rings. The second-order valence-electron chi connectivity index (χ2n) is 6.51. The number of aryl methyl sites for hydroxylation is 1. The van der Waals surface area contributed by atoms with Gasteiger partial charge in [-0.2, -0.15) is 5.10 Å².